The van der Waals surface area contributed by atoms with Crippen LogP contribution in [0.4, 0.5) is 20.2 Å². The number of fused-ring (bicyclic) bond motifs is 1. The average molecular weight is 547 g/mol. The maximum atomic E-state index is 14.8. The first kappa shape index (κ1) is 26.5. The molecular formula is C31H25ClF2N2O3. The van der Waals surface area contributed by atoms with E-state index in [1.165, 1.54) is 23.1 Å². The van der Waals surface area contributed by atoms with E-state index in [0.717, 1.165) is 11.1 Å². The van der Waals surface area contributed by atoms with E-state index in [9.17, 15) is 23.5 Å². The summed E-state index contributed by atoms with van der Waals surface area (Å²) in [5, 5.41) is 12.8. The summed E-state index contributed by atoms with van der Waals surface area (Å²) in [6.07, 6.45) is -0.606. The summed E-state index contributed by atoms with van der Waals surface area (Å²) in [7, 11) is 0. The smallest absolute Gasteiger partial charge is 0.258 e. The maximum Gasteiger partial charge on any atom is 0.258 e. The zero-order valence-corrected chi connectivity index (χ0v) is 21.5. The van der Waals surface area contributed by atoms with Crippen molar-refractivity contribution in [2.24, 2.45) is 0 Å². The fraction of sp³-hybridized carbons (Fsp3) is 0.161. The Morgan fingerprint density at radius 2 is 1.64 bits per heavy atom. The predicted molar refractivity (Wildman–Crippen MR) is 149 cm³/mol. The van der Waals surface area contributed by atoms with E-state index >= 15 is 0 Å². The predicted octanol–water partition coefficient (Wildman–Crippen LogP) is 7.02. The Balaban J connectivity index is 1.38. The molecule has 5 rings (SSSR count). The van der Waals surface area contributed by atoms with Crippen LogP contribution >= 0.6 is 11.6 Å². The molecule has 1 atom stereocenters. The largest absolute Gasteiger partial charge is 0.396 e. The van der Waals surface area contributed by atoms with E-state index in [1.807, 2.05) is 42.5 Å². The van der Waals surface area contributed by atoms with E-state index in [-0.39, 0.29) is 34.3 Å². The number of carbonyl (C=O) groups excluding carboxylic acids is 2. The van der Waals surface area contributed by atoms with Gasteiger partial charge in [0, 0.05) is 40.5 Å². The van der Waals surface area contributed by atoms with Crippen LogP contribution in [0, 0.1) is 0 Å². The minimum Gasteiger partial charge on any atom is -0.396 e. The third kappa shape index (κ3) is 5.41. The van der Waals surface area contributed by atoms with Gasteiger partial charge in [0.05, 0.1) is 12.5 Å². The molecule has 4 aromatic carbocycles. The monoisotopic (exact) mass is 546 g/mol. The molecule has 0 aromatic heterocycles. The molecule has 198 valence electrons. The molecule has 0 spiro atoms. The van der Waals surface area contributed by atoms with Crippen molar-refractivity contribution in [2.75, 3.05) is 23.4 Å². The van der Waals surface area contributed by atoms with Gasteiger partial charge in [-0.1, -0.05) is 60.1 Å². The summed E-state index contributed by atoms with van der Waals surface area (Å²) in [5.41, 5.74) is 3.37. The third-order valence-corrected chi connectivity index (χ3v) is 7.14. The number of carbonyl (C=O) groups is 2. The zero-order valence-electron chi connectivity index (χ0n) is 20.8. The van der Waals surface area contributed by atoms with Crippen molar-refractivity contribution in [3.05, 3.63) is 119 Å². The molecule has 1 aliphatic heterocycles. The minimum absolute atomic E-state index is 0.127. The maximum absolute atomic E-state index is 14.8. The van der Waals surface area contributed by atoms with Crippen molar-refractivity contribution in [3.63, 3.8) is 0 Å². The molecule has 0 fully saturated rings. The van der Waals surface area contributed by atoms with Crippen LogP contribution in [0.25, 0.3) is 11.1 Å². The minimum atomic E-state index is -3.21. The number of alkyl halides is 2. The molecule has 0 bridgehead atoms. The van der Waals surface area contributed by atoms with Crippen molar-refractivity contribution in [1.29, 1.82) is 0 Å². The quantitative estimate of drug-likeness (QED) is 0.282. The van der Waals surface area contributed by atoms with Crippen molar-refractivity contribution in [1.82, 2.24) is 0 Å². The van der Waals surface area contributed by atoms with Gasteiger partial charge in [-0.05, 0) is 65.2 Å². The van der Waals surface area contributed by atoms with E-state index < -0.39 is 30.8 Å². The summed E-state index contributed by atoms with van der Waals surface area (Å²) in [5.74, 6) is -5.46. The molecule has 0 unspecified atom stereocenters. The van der Waals surface area contributed by atoms with Gasteiger partial charge in [-0.15, -0.1) is 0 Å². The molecule has 0 saturated carbocycles. The molecule has 0 aliphatic carbocycles. The second-order valence-corrected chi connectivity index (χ2v) is 9.79. The number of nitrogens with one attached hydrogen (secondary N) is 1. The Labute approximate surface area is 229 Å². The first-order chi connectivity index (χ1) is 18.8. The summed E-state index contributed by atoms with van der Waals surface area (Å²) in [4.78, 5) is 27.9. The van der Waals surface area contributed by atoms with Crippen molar-refractivity contribution < 1.29 is 23.5 Å². The molecular weight excluding hydrogens is 522 g/mol. The Morgan fingerprint density at radius 3 is 2.36 bits per heavy atom. The fourth-order valence-corrected chi connectivity index (χ4v) is 5.06. The molecule has 2 amide bonds. The molecule has 1 heterocycles. The van der Waals surface area contributed by atoms with Gasteiger partial charge < -0.3 is 15.3 Å². The van der Waals surface area contributed by atoms with Gasteiger partial charge in [-0.2, -0.15) is 0 Å². The lowest BCUT2D eigenvalue weighted by Crippen LogP contribution is -2.33. The number of hydrogen-bond acceptors (Lipinski definition) is 3. The average Bonchev–Trinajstić information content (AvgIpc) is 3.05. The Morgan fingerprint density at radius 1 is 0.949 bits per heavy atom. The molecule has 5 nitrogen and oxygen atoms in total. The number of halogens is 3. The number of hydrogen-bond donors (Lipinski definition) is 2. The molecule has 39 heavy (non-hydrogen) atoms. The van der Waals surface area contributed by atoms with Crippen LogP contribution in [0.3, 0.4) is 0 Å². The van der Waals surface area contributed by atoms with Gasteiger partial charge in [0.1, 0.15) is 0 Å². The number of amides is 2. The van der Waals surface area contributed by atoms with E-state index in [0.29, 0.717) is 11.3 Å². The van der Waals surface area contributed by atoms with Crippen molar-refractivity contribution in [3.8, 4) is 11.1 Å². The van der Waals surface area contributed by atoms with Gasteiger partial charge in [-0.3, -0.25) is 9.59 Å². The van der Waals surface area contributed by atoms with Gasteiger partial charge in [0.2, 0.25) is 0 Å². The molecule has 0 saturated heterocycles. The summed E-state index contributed by atoms with van der Waals surface area (Å²) in [6.45, 7) is -1.00. The highest BCUT2D eigenvalue weighted by molar-refractivity contribution is 6.30. The first-order valence-electron chi connectivity index (χ1n) is 12.4. The SMILES string of the molecule is O=C(Nc1ccc(C(=O)N2CCC(F)(F)[C@H](CO)c3cc(Cl)ccc32)cc1)c1ccccc1-c1ccccc1. The van der Waals surface area contributed by atoms with Crippen LogP contribution in [0.5, 0.6) is 0 Å². The number of anilines is 2. The fourth-order valence-electron chi connectivity index (χ4n) is 4.88. The summed E-state index contributed by atoms with van der Waals surface area (Å²) < 4.78 is 29.7. The van der Waals surface area contributed by atoms with Crippen LogP contribution < -0.4 is 10.2 Å². The molecule has 2 N–H and O–H groups in total. The van der Waals surface area contributed by atoms with E-state index in [2.05, 4.69) is 5.32 Å². The van der Waals surface area contributed by atoms with Gasteiger partial charge in [-0.25, -0.2) is 8.78 Å². The summed E-state index contributed by atoms with van der Waals surface area (Å²) in [6, 6.07) is 27.6. The Bertz CT molecular complexity index is 1510. The molecule has 8 heteroatoms. The first-order valence-corrected chi connectivity index (χ1v) is 12.8. The second-order valence-electron chi connectivity index (χ2n) is 9.35. The number of benzene rings is 4. The van der Waals surface area contributed by atoms with E-state index in [4.69, 9.17) is 11.6 Å². The van der Waals surface area contributed by atoms with Crippen LogP contribution in [0.2, 0.25) is 5.02 Å². The Kier molecular flexibility index (Phi) is 7.46. The number of aliphatic hydroxyl groups excluding tert-OH is 1. The Hall–Kier alpha value is -4.07. The van der Waals surface area contributed by atoms with Crippen LogP contribution in [-0.4, -0.2) is 36.0 Å². The lowest BCUT2D eigenvalue weighted by Gasteiger charge is -2.24. The van der Waals surface area contributed by atoms with Crippen LogP contribution in [0.1, 0.15) is 38.6 Å². The van der Waals surface area contributed by atoms with Gasteiger partial charge >= 0.3 is 0 Å². The second kappa shape index (κ2) is 11.0. The number of nitrogens with zero attached hydrogens (tertiary/aromatic N) is 1. The van der Waals surface area contributed by atoms with E-state index in [1.54, 1.807) is 36.4 Å². The third-order valence-electron chi connectivity index (χ3n) is 6.91. The van der Waals surface area contributed by atoms with Crippen molar-refractivity contribution in [2.45, 2.75) is 18.3 Å². The van der Waals surface area contributed by atoms with Gasteiger partial charge in [0.25, 0.3) is 17.7 Å². The number of rotatable bonds is 5. The molecule has 4 aromatic rings. The van der Waals surface area contributed by atoms with Crippen molar-refractivity contribution >= 4 is 34.8 Å². The lowest BCUT2D eigenvalue weighted by atomic mass is 9.91. The lowest BCUT2D eigenvalue weighted by molar-refractivity contribution is -0.0463. The van der Waals surface area contributed by atoms with Gasteiger partial charge in [0.15, 0.2) is 0 Å². The number of aliphatic hydroxyl groups is 1. The summed E-state index contributed by atoms with van der Waals surface area (Å²) >= 11 is 6.07. The topological polar surface area (TPSA) is 69.6 Å². The normalized spacial score (nSPS) is 16.2. The standard InChI is InChI=1S/C31H25ClF2N2O3/c32-22-12-15-28-26(18-22)27(19-37)31(33,34)16-17-36(28)30(39)21-10-13-23(14-11-21)35-29(38)25-9-5-4-8-24(25)20-6-2-1-3-7-20/h1-15,18,27,37H,16-17,19H2,(H,35,38)/t27-/m1/s1. The van der Waals surface area contributed by atoms with Crippen LogP contribution in [-0.2, 0) is 0 Å². The highest BCUT2D eigenvalue weighted by Gasteiger charge is 2.45. The van der Waals surface area contributed by atoms with Crippen LogP contribution in [0.15, 0.2) is 97.1 Å². The zero-order chi connectivity index (χ0) is 27.6. The molecule has 0 radical (unpaired) electrons. The highest BCUT2D eigenvalue weighted by atomic mass is 35.5. The highest BCUT2D eigenvalue weighted by Crippen LogP contribution is 2.44. The molecule has 1 aliphatic rings.